The summed E-state index contributed by atoms with van der Waals surface area (Å²) < 4.78 is 1.22. The molecule has 0 saturated carbocycles. The first-order valence-corrected chi connectivity index (χ1v) is 8.16. The normalized spacial score (nSPS) is 13.7. The van der Waals surface area contributed by atoms with Crippen molar-refractivity contribution >= 4 is 5.91 Å². The first-order chi connectivity index (χ1) is 12.5. The molecule has 26 heavy (non-hydrogen) atoms. The number of nitrogens with one attached hydrogen (secondary N) is 3. The highest BCUT2D eigenvalue weighted by molar-refractivity contribution is 5.76. The first kappa shape index (κ1) is 16.1. The van der Waals surface area contributed by atoms with Gasteiger partial charge in [0.1, 0.15) is 12.4 Å². The van der Waals surface area contributed by atoms with Crippen LogP contribution >= 0.6 is 0 Å². The molecule has 1 amide bonds. The van der Waals surface area contributed by atoms with Gasteiger partial charge in [0.15, 0.2) is 0 Å². The molecule has 3 aromatic rings. The van der Waals surface area contributed by atoms with Crippen molar-refractivity contribution in [1.82, 2.24) is 34.6 Å². The zero-order valence-electron chi connectivity index (χ0n) is 14.1. The SMILES string of the molecule is Cc1cn(CC(=O)N2CCc3nc(-c4cn[nH]c4)[nH]c3C2)c(=O)[nH]c1=O. The molecule has 0 saturated heterocycles. The molecule has 134 valence electrons. The van der Waals surface area contributed by atoms with E-state index >= 15 is 0 Å². The van der Waals surface area contributed by atoms with Crippen LogP contribution in [0, 0.1) is 6.92 Å². The van der Waals surface area contributed by atoms with E-state index in [0.29, 0.717) is 30.9 Å². The summed E-state index contributed by atoms with van der Waals surface area (Å²) in [5.41, 5.74) is 2.03. The van der Waals surface area contributed by atoms with Gasteiger partial charge < -0.3 is 9.88 Å². The Balaban J connectivity index is 1.52. The van der Waals surface area contributed by atoms with Crippen LogP contribution in [0.15, 0.2) is 28.2 Å². The number of hydrogen-bond acceptors (Lipinski definition) is 5. The smallest absolute Gasteiger partial charge is 0.328 e. The molecule has 1 aliphatic rings. The van der Waals surface area contributed by atoms with Crippen molar-refractivity contribution in [3.05, 3.63) is 56.4 Å². The molecule has 4 heterocycles. The van der Waals surface area contributed by atoms with E-state index in [-0.39, 0.29) is 12.5 Å². The number of carbonyl (C=O) groups excluding carboxylic acids is 1. The molecule has 3 aromatic heterocycles. The molecule has 0 aromatic carbocycles. The number of imidazole rings is 1. The lowest BCUT2D eigenvalue weighted by molar-refractivity contribution is -0.132. The second-order valence-electron chi connectivity index (χ2n) is 6.26. The zero-order valence-corrected chi connectivity index (χ0v) is 14.1. The Kier molecular flexibility index (Phi) is 3.79. The Labute approximate surface area is 146 Å². The van der Waals surface area contributed by atoms with Crippen LogP contribution in [-0.4, -0.2) is 47.1 Å². The Morgan fingerprint density at radius 2 is 2.15 bits per heavy atom. The van der Waals surface area contributed by atoms with Crippen molar-refractivity contribution in [1.29, 1.82) is 0 Å². The summed E-state index contributed by atoms with van der Waals surface area (Å²) in [6.45, 7) is 2.40. The third kappa shape index (κ3) is 2.85. The monoisotopic (exact) mass is 355 g/mol. The van der Waals surface area contributed by atoms with Crippen molar-refractivity contribution in [2.45, 2.75) is 26.4 Å². The average Bonchev–Trinajstić information content (AvgIpc) is 3.27. The van der Waals surface area contributed by atoms with Gasteiger partial charge in [0.2, 0.25) is 5.91 Å². The Bertz CT molecular complexity index is 1070. The highest BCUT2D eigenvalue weighted by Crippen LogP contribution is 2.22. The van der Waals surface area contributed by atoms with Gasteiger partial charge in [-0.1, -0.05) is 0 Å². The molecule has 0 atom stereocenters. The predicted octanol–water partition coefficient (Wildman–Crippen LogP) is -0.457. The third-order valence-electron chi connectivity index (χ3n) is 4.45. The molecule has 3 N–H and O–H groups in total. The molecular weight excluding hydrogens is 338 g/mol. The molecule has 0 spiro atoms. The minimum absolute atomic E-state index is 0.117. The number of amides is 1. The van der Waals surface area contributed by atoms with Gasteiger partial charge in [0, 0.05) is 30.9 Å². The highest BCUT2D eigenvalue weighted by atomic mass is 16.2. The molecule has 0 aliphatic carbocycles. The number of rotatable bonds is 3. The van der Waals surface area contributed by atoms with Gasteiger partial charge in [-0.3, -0.25) is 24.2 Å². The molecule has 0 fully saturated rings. The van der Waals surface area contributed by atoms with Crippen molar-refractivity contribution in [2.75, 3.05) is 6.54 Å². The van der Waals surface area contributed by atoms with Crippen LogP contribution in [0.5, 0.6) is 0 Å². The number of H-pyrrole nitrogens is 3. The largest absolute Gasteiger partial charge is 0.340 e. The van der Waals surface area contributed by atoms with E-state index in [1.807, 2.05) is 0 Å². The van der Waals surface area contributed by atoms with Gasteiger partial charge in [-0.05, 0) is 6.92 Å². The van der Waals surface area contributed by atoms with E-state index in [9.17, 15) is 14.4 Å². The Morgan fingerprint density at radius 3 is 2.92 bits per heavy atom. The van der Waals surface area contributed by atoms with Gasteiger partial charge in [-0.25, -0.2) is 9.78 Å². The number of aromatic amines is 3. The number of aromatic nitrogens is 6. The summed E-state index contributed by atoms with van der Waals surface area (Å²) in [4.78, 5) is 47.5. The quantitative estimate of drug-likeness (QED) is 0.585. The average molecular weight is 355 g/mol. The van der Waals surface area contributed by atoms with Crippen LogP contribution < -0.4 is 11.2 Å². The van der Waals surface area contributed by atoms with Crippen LogP contribution in [0.3, 0.4) is 0 Å². The summed E-state index contributed by atoms with van der Waals surface area (Å²) >= 11 is 0. The minimum Gasteiger partial charge on any atom is -0.340 e. The fraction of sp³-hybridized carbons (Fsp3) is 0.312. The zero-order chi connectivity index (χ0) is 18.3. The fourth-order valence-corrected chi connectivity index (χ4v) is 3.01. The van der Waals surface area contributed by atoms with Crippen LogP contribution in [0.1, 0.15) is 17.0 Å². The maximum absolute atomic E-state index is 12.6. The summed E-state index contributed by atoms with van der Waals surface area (Å²) in [5.74, 6) is 0.522. The van der Waals surface area contributed by atoms with Crippen molar-refractivity contribution in [3.8, 4) is 11.4 Å². The van der Waals surface area contributed by atoms with E-state index in [2.05, 4.69) is 25.1 Å². The topological polar surface area (TPSA) is 133 Å². The van der Waals surface area contributed by atoms with Crippen LogP contribution in [0.25, 0.3) is 11.4 Å². The molecule has 0 radical (unpaired) electrons. The van der Waals surface area contributed by atoms with E-state index in [4.69, 9.17) is 0 Å². The van der Waals surface area contributed by atoms with Gasteiger partial charge in [-0.2, -0.15) is 5.10 Å². The van der Waals surface area contributed by atoms with Crippen molar-refractivity contribution in [3.63, 3.8) is 0 Å². The number of fused-ring (bicyclic) bond motifs is 1. The van der Waals surface area contributed by atoms with E-state index in [1.54, 1.807) is 24.2 Å². The Morgan fingerprint density at radius 1 is 1.31 bits per heavy atom. The maximum atomic E-state index is 12.6. The molecule has 0 bridgehead atoms. The molecule has 1 aliphatic heterocycles. The first-order valence-electron chi connectivity index (χ1n) is 8.16. The number of hydrogen-bond donors (Lipinski definition) is 3. The molecule has 0 unspecified atom stereocenters. The van der Waals surface area contributed by atoms with Crippen LogP contribution in [0.2, 0.25) is 0 Å². The van der Waals surface area contributed by atoms with E-state index in [0.717, 1.165) is 17.0 Å². The second-order valence-corrected chi connectivity index (χ2v) is 6.26. The summed E-state index contributed by atoms with van der Waals surface area (Å²) in [5, 5.41) is 6.65. The van der Waals surface area contributed by atoms with Crippen LogP contribution in [-0.2, 0) is 24.3 Å². The Hall–Kier alpha value is -3.43. The summed E-state index contributed by atoms with van der Waals surface area (Å²) in [7, 11) is 0. The lowest BCUT2D eigenvalue weighted by atomic mass is 10.1. The maximum Gasteiger partial charge on any atom is 0.328 e. The lowest BCUT2D eigenvalue weighted by Gasteiger charge is -2.26. The summed E-state index contributed by atoms with van der Waals surface area (Å²) in [6.07, 6.45) is 5.47. The fourth-order valence-electron chi connectivity index (χ4n) is 3.01. The summed E-state index contributed by atoms with van der Waals surface area (Å²) in [6, 6.07) is 0. The van der Waals surface area contributed by atoms with Crippen molar-refractivity contribution in [2.24, 2.45) is 0 Å². The number of aryl methyl sites for hydroxylation is 1. The van der Waals surface area contributed by atoms with Gasteiger partial charge >= 0.3 is 5.69 Å². The molecule has 10 nitrogen and oxygen atoms in total. The van der Waals surface area contributed by atoms with E-state index < -0.39 is 11.2 Å². The molecule has 4 rings (SSSR count). The number of carbonyl (C=O) groups is 1. The van der Waals surface area contributed by atoms with Gasteiger partial charge in [0.05, 0.1) is 29.7 Å². The molecular formula is C16H17N7O3. The standard InChI is InChI=1S/C16H17N7O3/c1-9-6-23(16(26)21-15(9)25)8-13(24)22-3-2-11-12(7-22)20-14(19-11)10-4-17-18-5-10/h4-6H,2-3,7-8H2,1H3,(H,17,18)(H,19,20)(H,21,25,26). The lowest BCUT2D eigenvalue weighted by Crippen LogP contribution is -2.41. The number of nitrogens with zero attached hydrogens (tertiary/aromatic N) is 4. The van der Waals surface area contributed by atoms with E-state index in [1.165, 1.54) is 10.8 Å². The second kappa shape index (κ2) is 6.14. The minimum atomic E-state index is -0.588. The van der Waals surface area contributed by atoms with Crippen LogP contribution in [0.4, 0.5) is 0 Å². The highest BCUT2D eigenvalue weighted by Gasteiger charge is 2.24. The predicted molar refractivity (Wildman–Crippen MR) is 91.4 cm³/mol. The molecule has 10 heteroatoms. The third-order valence-corrected chi connectivity index (χ3v) is 4.45. The van der Waals surface area contributed by atoms with Crippen molar-refractivity contribution < 1.29 is 4.79 Å². The van der Waals surface area contributed by atoms with Gasteiger partial charge in [-0.15, -0.1) is 0 Å². The van der Waals surface area contributed by atoms with Gasteiger partial charge in [0.25, 0.3) is 5.56 Å².